The number of carboxylic acids is 1. The van der Waals surface area contributed by atoms with Crippen molar-refractivity contribution in [3.05, 3.63) is 0 Å². The third kappa shape index (κ3) is 2.55. The molecule has 1 amide bonds. The van der Waals surface area contributed by atoms with E-state index in [0.29, 0.717) is 13.0 Å². The monoisotopic (exact) mass is 299 g/mol. The second-order valence-corrected chi connectivity index (χ2v) is 6.58. The maximum Gasteiger partial charge on any atom is 0.330 e. The number of carbonyl (C=O) groups is 2. The van der Waals surface area contributed by atoms with Gasteiger partial charge in [-0.2, -0.15) is 0 Å². The fourth-order valence-corrected chi connectivity index (χ4v) is 3.32. The summed E-state index contributed by atoms with van der Waals surface area (Å²) in [4.78, 5) is 24.1. The van der Waals surface area contributed by atoms with Crippen molar-refractivity contribution in [3.63, 3.8) is 0 Å². The van der Waals surface area contributed by atoms with Crippen LogP contribution in [-0.2, 0) is 19.1 Å². The minimum atomic E-state index is -1.28. The lowest BCUT2D eigenvalue weighted by molar-refractivity contribution is -0.196. The van der Waals surface area contributed by atoms with Gasteiger partial charge in [-0.3, -0.25) is 4.79 Å². The predicted octanol–water partition coefficient (Wildman–Crippen LogP) is 1.33. The van der Waals surface area contributed by atoms with E-state index in [9.17, 15) is 14.7 Å². The standard InChI is InChI=1S/C15H25NO5/c1-5-20-11-8-15(13(18)19,14(11,3)4)16-12(17)10-7-6-9(2)21-10/h9-11H,5-8H2,1-4H3,(H,16,17)(H,18,19). The van der Waals surface area contributed by atoms with Gasteiger partial charge in [0, 0.05) is 18.4 Å². The zero-order valence-electron chi connectivity index (χ0n) is 13.1. The summed E-state index contributed by atoms with van der Waals surface area (Å²) in [6, 6.07) is 0. The summed E-state index contributed by atoms with van der Waals surface area (Å²) >= 11 is 0. The zero-order chi connectivity index (χ0) is 15.8. The lowest BCUT2D eigenvalue weighted by atomic mass is 9.54. The predicted molar refractivity (Wildman–Crippen MR) is 75.9 cm³/mol. The van der Waals surface area contributed by atoms with Crippen LogP contribution in [0.25, 0.3) is 0 Å². The Morgan fingerprint density at radius 3 is 2.48 bits per heavy atom. The zero-order valence-corrected chi connectivity index (χ0v) is 13.1. The molecule has 4 unspecified atom stereocenters. The molecule has 1 aliphatic heterocycles. The molecule has 0 spiro atoms. The minimum Gasteiger partial charge on any atom is -0.479 e. The Morgan fingerprint density at radius 1 is 1.38 bits per heavy atom. The van der Waals surface area contributed by atoms with Crippen molar-refractivity contribution in [2.24, 2.45) is 5.41 Å². The molecule has 21 heavy (non-hydrogen) atoms. The lowest BCUT2D eigenvalue weighted by Crippen LogP contribution is -2.76. The summed E-state index contributed by atoms with van der Waals surface area (Å²) in [5.74, 6) is -1.34. The number of hydrogen-bond donors (Lipinski definition) is 2. The van der Waals surface area contributed by atoms with Crippen molar-refractivity contribution in [2.45, 2.75) is 70.8 Å². The highest BCUT2D eigenvalue weighted by molar-refractivity contribution is 5.91. The van der Waals surface area contributed by atoms with E-state index in [4.69, 9.17) is 9.47 Å². The number of hydrogen-bond acceptors (Lipinski definition) is 4. The fraction of sp³-hybridized carbons (Fsp3) is 0.867. The van der Waals surface area contributed by atoms with E-state index < -0.39 is 23.0 Å². The molecule has 2 rings (SSSR count). The van der Waals surface area contributed by atoms with Crippen molar-refractivity contribution in [2.75, 3.05) is 6.61 Å². The fourth-order valence-electron chi connectivity index (χ4n) is 3.32. The van der Waals surface area contributed by atoms with Gasteiger partial charge in [-0.15, -0.1) is 0 Å². The van der Waals surface area contributed by atoms with Crippen LogP contribution in [0.5, 0.6) is 0 Å². The molecule has 0 radical (unpaired) electrons. The first-order valence-electron chi connectivity index (χ1n) is 7.57. The van der Waals surface area contributed by atoms with Gasteiger partial charge in [-0.25, -0.2) is 4.79 Å². The van der Waals surface area contributed by atoms with Crippen LogP contribution in [-0.4, -0.2) is 47.4 Å². The number of aliphatic carboxylic acids is 1. The first-order valence-corrected chi connectivity index (χ1v) is 7.57. The van der Waals surface area contributed by atoms with Crippen LogP contribution in [0.15, 0.2) is 0 Å². The van der Waals surface area contributed by atoms with E-state index >= 15 is 0 Å². The van der Waals surface area contributed by atoms with Crippen molar-refractivity contribution in [1.29, 1.82) is 0 Å². The topological polar surface area (TPSA) is 84.9 Å². The van der Waals surface area contributed by atoms with Crippen molar-refractivity contribution < 1.29 is 24.2 Å². The van der Waals surface area contributed by atoms with E-state index in [1.54, 1.807) is 0 Å². The molecule has 4 atom stereocenters. The van der Waals surface area contributed by atoms with Gasteiger partial charge in [-0.05, 0) is 26.7 Å². The SMILES string of the molecule is CCOC1CC(NC(=O)C2CCC(C)O2)(C(=O)O)C1(C)C. The largest absolute Gasteiger partial charge is 0.479 e. The molecule has 0 aromatic carbocycles. The summed E-state index contributed by atoms with van der Waals surface area (Å²) in [5.41, 5.74) is -1.94. The highest BCUT2D eigenvalue weighted by Gasteiger charge is 2.66. The number of amides is 1. The maximum atomic E-state index is 12.3. The molecule has 1 heterocycles. The number of rotatable bonds is 5. The number of nitrogens with one attached hydrogen (secondary N) is 1. The summed E-state index contributed by atoms with van der Waals surface area (Å²) in [7, 11) is 0. The van der Waals surface area contributed by atoms with Gasteiger partial charge in [0.2, 0.25) is 5.91 Å². The molecule has 2 aliphatic rings. The first kappa shape index (κ1) is 16.2. The third-order valence-corrected chi connectivity index (χ3v) is 4.99. The smallest absolute Gasteiger partial charge is 0.330 e. The molecular formula is C15H25NO5. The van der Waals surface area contributed by atoms with Crippen LogP contribution in [0.2, 0.25) is 0 Å². The van der Waals surface area contributed by atoms with Gasteiger partial charge in [0.15, 0.2) is 0 Å². The van der Waals surface area contributed by atoms with E-state index in [2.05, 4.69) is 5.32 Å². The molecular weight excluding hydrogens is 274 g/mol. The molecule has 0 bridgehead atoms. The summed E-state index contributed by atoms with van der Waals surface area (Å²) in [6.45, 7) is 7.97. The lowest BCUT2D eigenvalue weighted by Gasteiger charge is -2.58. The number of carboxylic acid groups (broad SMARTS) is 1. The van der Waals surface area contributed by atoms with Crippen LogP contribution < -0.4 is 5.32 Å². The highest BCUT2D eigenvalue weighted by atomic mass is 16.5. The van der Waals surface area contributed by atoms with E-state index in [0.717, 1.165) is 6.42 Å². The van der Waals surface area contributed by atoms with Crippen molar-refractivity contribution >= 4 is 11.9 Å². The highest BCUT2D eigenvalue weighted by Crippen LogP contribution is 2.51. The molecule has 1 aliphatic carbocycles. The van der Waals surface area contributed by atoms with Gasteiger partial charge >= 0.3 is 5.97 Å². The number of ether oxygens (including phenoxy) is 2. The molecule has 1 saturated carbocycles. The normalized spacial score (nSPS) is 37.8. The molecule has 2 N–H and O–H groups in total. The van der Waals surface area contributed by atoms with E-state index in [1.807, 2.05) is 27.7 Å². The Balaban J connectivity index is 2.10. The second kappa shape index (κ2) is 5.57. The Labute approximate surface area is 125 Å². The van der Waals surface area contributed by atoms with Gasteiger partial charge in [0.05, 0.1) is 12.2 Å². The molecule has 0 aromatic heterocycles. The van der Waals surface area contributed by atoms with Crippen LogP contribution in [0, 0.1) is 5.41 Å². The average Bonchev–Trinajstić information content (AvgIpc) is 2.83. The van der Waals surface area contributed by atoms with Crippen LogP contribution in [0.4, 0.5) is 0 Å². The Hall–Kier alpha value is -1.14. The van der Waals surface area contributed by atoms with Gasteiger partial charge in [-0.1, -0.05) is 13.8 Å². The molecule has 6 heteroatoms. The van der Waals surface area contributed by atoms with Gasteiger partial charge in [0.1, 0.15) is 11.6 Å². The quantitative estimate of drug-likeness (QED) is 0.800. The van der Waals surface area contributed by atoms with Crippen molar-refractivity contribution in [1.82, 2.24) is 5.32 Å². The van der Waals surface area contributed by atoms with E-state index in [-0.39, 0.29) is 24.5 Å². The molecule has 1 saturated heterocycles. The van der Waals surface area contributed by atoms with Gasteiger partial charge in [0.25, 0.3) is 0 Å². The Bertz CT molecular complexity index is 436. The second-order valence-electron chi connectivity index (χ2n) is 6.58. The Kier molecular flexibility index (Phi) is 4.31. The van der Waals surface area contributed by atoms with Crippen LogP contribution >= 0.6 is 0 Å². The minimum absolute atomic E-state index is 0.0482. The molecule has 120 valence electrons. The number of carbonyl (C=O) groups excluding carboxylic acids is 1. The molecule has 0 aromatic rings. The van der Waals surface area contributed by atoms with Crippen molar-refractivity contribution in [3.8, 4) is 0 Å². The van der Waals surface area contributed by atoms with E-state index in [1.165, 1.54) is 0 Å². The Morgan fingerprint density at radius 2 is 2.05 bits per heavy atom. The van der Waals surface area contributed by atoms with Crippen LogP contribution in [0.3, 0.4) is 0 Å². The average molecular weight is 299 g/mol. The molecule has 6 nitrogen and oxygen atoms in total. The van der Waals surface area contributed by atoms with Crippen LogP contribution in [0.1, 0.15) is 47.0 Å². The maximum absolute atomic E-state index is 12.3. The summed E-state index contributed by atoms with van der Waals surface area (Å²) < 4.78 is 11.1. The third-order valence-electron chi connectivity index (χ3n) is 4.99. The summed E-state index contributed by atoms with van der Waals surface area (Å²) in [5, 5.41) is 12.4. The van der Waals surface area contributed by atoms with Gasteiger partial charge < -0.3 is 19.9 Å². The molecule has 2 fully saturated rings. The first-order chi connectivity index (χ1) is 9.74. The summed E-state index contributed by atoms with van der Waals surface area (Å²) in [6.07, 6.45) is 1.09.